The monoisotopic (exact) mass is 346 g/mol. The molecule has 4 rings (SSSR count). The normalized spacial score (nSPS) is 18.6. The molecule has 0 amide bonds. The first-order valence-corrected chi connectivity index (χ1v) is 7.88. The molecule has 1 saturated heterocycles. The van der Waals surface area contributed by atoms with E-state index in [1.165, 1.54) is 24.4 Å². The summed E-state index contributed by atoms with van der Waals surface area (Å²) in [7, 11) is 2.00. The van der Waals surface area contributed by atoms with Crippen LogP contribution in [0.15, 0.2) is 35.0 Å². The summed E-state index contributed by atoms with van der Waals surface area (Å²) in [6, 6.07) is 5.24. The van der Waals surface area contributed by atoms with Gasteiger partial charge in [-0.3, -0.25) is 4.90 Å². The van der Waals surface area contributed by atoms with Crippen LogP contribution in [0.3, 0.4) is 0 Å². The Morgan fingerprint density at radius 2 is 2.04 bits per heavy atom. The molecule has 1 atom stereocenters. The topological polar surface area (TPSA) is 72.0 Å². The highest BCUT2D eigenvalue weighted by Crippen LogP contribution is 2.23. The van der Waals surface area contributed by atoms with Crippen molar-refractivity contribution in [2.24, 2.45) is 0 Å². The summed E-state index contributed by atoms with van der Waals surface area (Å²) in [6.45, 7) is 2.52. The number of hydrogen-bond acceptors (Lipinski definition) is 6. The maximum Gasteiger partial charge on any atom is 0.278 e. The third-order valence-corrected chi connectivity index (χ3v) is 4.23. The highest BCUT2D eigenvalue weighted by molar-refractivity contribution is 5.47. The van der Waals surface area contributed by atoms with E-state index in [1.54, 1.807) is 6.07 Å². The predicted molar refractivity (Wildman–Crippen MR) is 85.0 cm³/mol. The van der Waals surface area contributed by atoms with Crippen molar-refractivity contribution in [3.63, 3.8) is 0 Å². The van der Waals surface area contributed by atoms with Crippen molar-refractivity contribution in [1.82, 2.24) is 30.1 Å². The highest BCUT2D eigenvalue weighted by Gasteiger charge is 2.26. The van der Waals surface area contributed by atoms with Gasteiger partial charge in [-0.1, -0.05) is 11.2 Å². The van der Waals surface area contributed by atoms with Crippen molar-refractivity contribution < 1.29 is 13.3 Å². The molecule has 130 valence electrons. The molecule has 0 saturated carbocycles. The Balaban J connectivity index is 1.63. The Morgan fingerprint density at radius 3 is 2.80 bits per heavy atom. The van der Waals surface area contributed by atoms with Gasteiger partial charge >= 0.3 is 0 Å². The van der Waals surface area contributed by atoms with E-state index in [2.05, 4.69) is 25.5 Å². The number of rotatable bonds is 3. The Kier molecular flexibility index (Phi) is 4.02. The summed E-state index contributed by atoms with van der Waals surface area (Å²) in [4.78, 5) is 6.52. The van der Waals surface area contributed by atoms with Crippen molar-refractivity contribution in [2.45, 2.75) is 6.04 Å². The lowest BCUT2D eigenvalue weighted by Gasteiger charge is -2.30. The number of aromatic nitrogens is 4. The zero-order valence-electron chi connectivity index (χ0n) is 13.5. The van der Waals surface area contributed by atoms with E-state index in [-0.39, 0.29) is 17.6 Å². The molecule has 1 aliphatic heterocycles. The molecular weight excluding hydrogens is 330 g/mol. The zero-order chi connectivity index (χ0) is 17.4. The number of piperazine rings is 1. The van der Waals surface area contributed by atoms with Crippen molar-refractivity contribution in [2.75, 3.05) is 26.7 Å². The number of benzene rings is 1. The summed E-state index contributed by atoms with van der Waals surface area (Å²) >= 11 is 0. The van der Waals surface area contributed by atoms with Gasteiger partial charge in [0.05, 0.1) is 6.04 Å². The number of nitrogens with zero attached hydrogens (tertiary/aromatic N) is 5. The largest absolute Gasteiger partial charge is 0.332 e. The van der Waals surface area contributed by atoms with Gasteiger partial charge in [0.15, 0.2) is 23.2 Å². The molecule has 1 N–H and O–H groups in total. The molecule has 1 aliphatic rings. The number of nitrogens with one attached hydrogen (secondary N) is 1. The van der Waals surface area contributed by atoms with Crippen LogP contribution in [0.1, 0.15) is 11.9 Å². The standard InChI is InChI=1S/C16H16F2N6O/c1-23-8-6-19-9-13(23)15-20-16(25-22-15)12-5-7-24(21-12)14-10(17)3-2-4-11(14)18/h2-5,7,13,19H,6,8-9H2,1H3. The first-order valence-electron chi connectivity index (χ1n) is 7.88. The summed E-state index contributed by atoms with van der Waals surface area (Å²) < 4.78 is 34.2. The van der Waals surface area contributed by atoms with E-state index in [0.717, 1.165) is 24.3 Å². The fourth-order valence-corrected chi connectivity index (χ4v) is 2.84. The van der Waals surface area contributed by atoms with Gasteiger partial charge in [-0.2, -0.15) is 10.1 Å². The number of hydrogen-bond donors (Lipinski definition) is 1. The first-order chi connectivity index (χ1) is 12.1. The molecule has 1 unspecified atom stereocenters. The molecule has 25 heavy (non-hydrogen) atoms. The second kappa shape index (κ2) is 6.34. The Labute approximate surface area is 142 Å². The van der Waals surface area contributed by atoms with E-state index in [1.807, 2.05) is 7.05 Å². The van der Waals surface area contributed by atoms with Crippen LogP contribution in [0.2, 0.25) is 0 Å². The Bertz CT molecular complexity index is 872. The Hall–Kier alpha value is -2.65. The minimum atomic E-state index is -0.698. The van der Waals surface area contributed by atoms with Crippen LogP contribution in [0.25, 0.3) is 17.3 Å². The van der Waals surface area contributed by atoms with Crippen LogP contribution in [-0.2, 0) is 0 Å². The van der Waals surface area contributed by atoms with E-state index in [0.29, 0.717) is 11.5 Å². The second-order valence-corrected chi connectivity index (χ2v) is 5.87. The molecular formula is C16H16F2N6O. The molecule has 0 bridgehead atoms. The summed E-state index contributed by atoms with van der Waals surface area (Å²) in [5, 5.41) is 11.5. The SMILES string of the molecule is CN1CCNCC1c1noc(-c2ccn(-c3c(F)cccc3F)n2)n1. The van der Waals surface area contributed by atoms with Gasteiger partial charge in [-0.05, 0) is 25.2 Å². The fourth-order valence-electron chi connectivity index (χ4n) is 2.84. The number of para-hydroxylation sites is 1. The third-order valence-electron chi connectivity index (χ3n) is 4.23. The first kappa shape index (κ1) is 15.9. The van der Waals surface area contributed by atoms with Crippen LogP contribution in [0, 0.1) is 11.6 Å². The third kappa shape index (κ3) is 2.92. The molecule has 7 nitrogen and oxygen atoms in total. The average Bonchev–Trinajstić information content (AvgIpc) is 3.24. The van der Waals surface area contributed by atoms with E-state index in [9.17, 15) is 8.78 Å². The maximum absolute atomic E-state index is 13.9. The van der Waals surface area contributed by atoms with Crippen LogP contribution in [0.5, 0.6) is 0 Å². The molecule has 1 aromatic carbocycles. The molecule has 9 heteroatoms. The number of halogens is 2. The molecule has 0 spiro atoms. The minimum absolute atomic E-state index is 0.0114. The number of likely N-dealkylation sites (N-methyl/N-ethyl adjacent to an activating group) is 1. The van der Waals surface area contributed by atoms with Crippen LogP contribution >= 0.6 is 0 Å². The van der Waals surface area contributed by atoms with Gasteiger partial charge < -0.3 is 9.84 Å². The van der Waals surface area contributed by atoms with Gasteiger partial charge in [0.25, 0.3) is 5.89 Å². The molecule has 3 heterocycles. The zero-order valence-corrected chi connectivity index (χ0v) is 13.5. The molecule has 1 fully saturated rings. The van der Waals surface area contributed by atoms with E-state index < -0.39 is 11.6 Å². The average molecular weight is 346 g/mol. The molecule has 0 radical (unpaired) electrons. The van der Waals surface area contributed by atoms with E-state index in [4.69, 9.17) is 4.52 Å². The van der Waals surface area contributed by atoms with Gasteiger partial charge in [0.2, 0.25) is 0 Å². The summed E-state index contributed by atoms with van der Waals surface area (Å²) in [6.07, 6.45) is 1.45. The highest BCUT2D eigenvalue weighted by atomic mass is 19.1. The van der Waals surface area contributed by atoms with Crippen molar-refractivity contribution >= 4 is 0 Å². The van der Waals surface area contributed by atoms with Gasteiger partial charge in [-0.25, -0.2) is 13.5 Å². The maximum atomic E-state index is 13.9. The van der Waals surface area contributed by atoms with Crippen molar-refractivity contribution in [3.8, 4) is 17.3 Å². The van der Waals surface area contributed by atoms with Gasteiger partial charge in [-0.15, -0.1) is 0 Å². The van der Waals surface area contributed by atoms with Crippen molar-refractivity contribution in [1.29, 1.82) is 0 Å². The fraction of sp³-hybridized carbons (Fsp3) is 0.312. The minimum Gasteiger partial charge on any atom is -0.332 e. The quantitative estimate of drug-likeness (QED) is 0.779. The predicted octanol–water partition coefficient (Wildman–Crippen LogP) is 1.78. The van der Waals surface area contributed by atoms with Crippen LogP contribution < -0.4 is 5.32 Å². The molecule has 0 aliphatic carbocycles. The molecule has 3 aromatic rings. The summed E-state index contributed by atoms with van der Waals surface area (Å²) in [5.74, 6) is -0.632. The lowest BCUT2D eigenvalue weighted by molar-refractivity contribution is 0.190. The Morgan fingerprint density at radius 1 is 1.24 bits per heavy atom. The lowest BCUT2D eigenvalue weighted by Crippen LogP contribution is -2.44. The van der Waals surface area contributed by atoms with Crippen LogP contribution in [-0.4, -0.2) is 51.5 Å². The van der Waals surface area contributed by atoms with Gasteiger partial charge in [0, 0.05) is 25.8 Å². The lowest BCUT2D eigenvalue weighted by atomic mass is 10.2. The molecule has 2 aromatic heterocycles. The van der Waals surface area contributed by atoms with Gasteiger partial charge in [0.1, 0.15) is 5.69 Å². The smallest absolute Gasteiger partial charge is 0.278 e. The van der Waals surface area contributed by atoms with Crippen molar-refractivity contribution in [3.05, 3.63) is 47.9 Å². The second-order valence-electron chi connectivity index (χ2n) is 5.87. The van der Waals surface area contributed by atoms with Crippen LogP contribution in [0.4, 0.5) is 8.78 Å². The van der Waals surface area contributed by atoms with E-state index >= 15 is 0 Å². The summed E-state index contributed by atoms with van der Waals surface area (Å²) in [5.41, 5.74) is 0.109.